The molecule has 8 nitrogen and oxygen atoms in total. The molecule has 0 radical (unpaired) electrons. The van der Waals surface area contributed by atoms with Gasteiger partial charge >= 0.3 is 0 Å². The molecular formula is C18H25N3O5S. The fourth-order valence-corrected chi connectivity index (χ4v) is 4.00. The van der Waals surface area contributed by atoms with E-state index in [0.29, 0.717) is 5.56 Å². The highest BCUT2D eigenvalue weighted by Gasteiger charge is 2.23. The Morgan fingerprint density at radius 1 is 1.11 bits per heavy atom. The van der Waals surface area contributed by atoms with Crippen LogP contribution >= 0.6 is 0 Å². The van der Waals surface area contributed by atoms with E-state index in [9.17, 15) is 22.8 Å². The Bertz CT molecular complexity index is 799. The van der Waals surface area contributed by atoms with Gasteiger partial charge in [0, 0.05) is 31.6 Å². The van der Waals surface area contributed by atoms with E-state index in [0.717, 1.165) is 25.9 Å². The summed E-state index contributed by atoms with van der Waals surface area (Å²) in [6.07, 6.45) is 2.20. The summed E-state index contributed by atoms with van der Waals surface area (Å²) in [5, 5.41) is 2.58. The molecule has 2 rings (SSSR count). The third-order valence-corrected chi connectivity index (χ3v) is 5.95. The lowest BCUT2D eigenvalue weighted by Gasteiger charge is -2.17. The van der Waals surface area contributed by atoms with Gasteiger partial charge in [-0.05, 0) is 38.8 Å². The van der Waals surface area contributed by atoms with Crippen LogP contribution < -0.4 is 10.0 Å². The summed E-state index contributed by atoms with van der Waals surface area (Å²) in [6.45, 7) is 4.49. The molecule has 0 bridgehead atoms. The lowest BCUT2D eigenvalue weighted by Crippen LogP contribution is -2.45. The van der Waals surface area contributed by atoms with E-state index >= 15 is 0 Å². The molecule has 0 saturated carbocycles. The van der Waals surface area contributed by atoms with Gasteiger partial charge in [-0.2, -0.15) is 4.72 Å². The van der Waals surface area contributed by atoms with Crippen molar-refractivity contribution in [2.24, 2.45) is 0 Å². The maximum absolute atomic E-state index is 12.3. The van der Waals surface area contributed by atoms with E-state index in [2.05, 4.69) is 10.0 Å². The van der Waals surface area contributed by atoms with Crippen molar-refractivity contribution in [1.29, 1.82) is 0 Å². The molecule has 2 N–H and O–H groups in total. The number of ketones is 1. The first-order chi connectivity index (χ1) is 12.7. The molecule has 1 aliphatic rings. The van der Waals surface area contributed by atoms with Crippen molar-refractivity contribution in [2.45, 2.75) is 44.0 Å². The Morgan fingerprint density at radius 3 is 2.26 bits per heavy atom. The van der Waals surface area contributed by atoms with Crippen molar-refractivity contribution in [1.82, 2.24) is 14.9 Å². The van der Waals surface area contributed by atoms with Crippen LogP contribution in [-0.4, -0.2) is 56.6 Å². The topological polar surface area (TPSA) is 113 Å². The quantitative estimate of drug-likeness (QED) is 0.629. The van der Waals surface area contributed by atoms with E-state index in [1.807, 2.05) is 0 Å². The van der Waals surface area contributed by atoms with Gasteiger partial charge in [0.25, 0.3) is 0 Å². The molecule has 1 aliphatic heterocycles. The number of carbonyl (C=O) groups excluding carboxylic acids is 3. The zero-order valence-electron chi connectivity index (χ0n) is 15.5. The van der Waals surface area contributed by atoms with Crippen molar-refractivity contribution in [3.8, 4) is 0 Å². The van der Waals surface area contributed by atoms with Crippen LogP contribution in [0.3, 0.4) is 0 Å². The summed E-state index contributed by atoms with van der Waals surface area (Å²) >= 11 is 0. The third kappa shape index (κ3) is 5.86. The molecule has 0 aromatic heterocycles. The molecular weight excluding hydrogens is 370 g/mol. The second kappa shape index (κ2) is 9.09. The lowest BCUT2D eigenvalue weighted by atomic mass is 10.2. The van der Waals surface area contributed by atoms with Gasteiger partial charge in [-0.1, -0.05) is 12.1 Å². The Balaban J connectivity index is 1.84. The monoisotopic (exact) mass is 395 g/mol. The predicted octanol–water partition coefficient (Wildman–Crippen LogP) is 0.685. The summed E-state index contributed by atoms with van der Waals surface area (Å²) in [4.78, 5) is 37.0. The predicted molar refractivity (Wildman–Crippen MR) is 99.7 cm³/mol. The van der Waals surface area contributed by atoms with Gasteiger partial charge in [-0.3, -0.25) is 14.4 Å². The Hall–Kier alpha value is -2.26. The molecule has 1 aromatic carbocycles. The molecule has 2 amide bonds. The van der Waals surface area contributed by atoms with Gasteiger partial charge < -0.3 is 10.2 Å². The average molecular weight is 395 g/mol. The van der Waals surface area contributed by atoms with Crippen molar-refractivity contribution >= 4 is 27.6 Å². The molecule has 27 heavy (non-hydrogen) atoms. The van der Waals surface area contributed by atoms with Crippen LogP contribution in [0.15, 0.2) is 29.2 Å². The summed E-state index contributed by atoms with van der Waals surface area (Å²) < 4.78 is 27.0. The van der Waals surface area contributed by atoms with Crippen molar-refractivity contribution in [2.75, 3.05) is 19.6 Å². The molecule has 1 fully saturated rings. The van der Waals surface area contributed by atoms with Crippen molar-refractivity contribution in [3.05, 3.63) is 29.8 Å². The molecule has 0 spiro atoms. The first-order valence-electron chi connectivity index (χ1n) is 8.89. The number of hydrogen-bond acceptors (Lipinski definition) is 5. The van der Waals surface area contributed by atoms with E-state index in [-0.39, 0.29) is 29.6 Å². The van der Waals surface area contributed by atoms with E-state index in [4.69, 9.17) is 0 Å². The number of rotatable bonds is 8. The molecule has 1 saturated heterocycles. The summed E-state index contributed by atoms with van der Waals surface area (Å²) in [5.74, 6) is -0.678. The van der Waals surface area contributed by atoms with E-state index in [1.165, 1.54) is 38.1 Å². The Labute approximate surface area is 159 Å². The Kier molecular flexibility index (Phi) is 7.09. The van der Waals surface area contributed by atoms with Crippen LogP contribution in [0.5, 0.6) is 0 Å². The number of nitrogens with one attached hydrogen (secondary N) is 2. The van der Waals surface area contributed by atoms with Crippen LogP contribution in [0.1, 0.15) is 43.5 Å². The van der Waals surface area contributed by atoms with Crippen LogP contribution in [0.2, 0.25) is 0 Å². The van der Waals surface area contributed by atoms with Gasteiger partial charge in [-0.25, -0.2) is 8.42 Å². The minimum Gasteiger partial charge on any atom is -0.354 e. The smallest absolute Gasteiger partial charge is 0.241 e. The molecule has 1 aromatic rings. The highest BCUT2D eigenvalue weighted by Crippen LogP contribution is 2.12. The fourth-order valence-electron chi connectivity index (χ4n) is 2.79. The normalized spacial score (nSPS) is 15.4. The first-order valence-corrected chi connectivity index (χ1v) is 10.4. The SMILES string of the molecule is CC(=O)c1ccc(S(=O)(=O)N[C@@H](C)C(=O)NCCC(=O)N2CCCC2)cc1. The number of sulfonamides is 1. The van der Waals surface area contributed by atoms with Crippen molar-refractivity contribution in [3.63, 3.8) is 0 Å². The highest BCUT2D eigenvalue weighted by molar-refractivity contribution is 7.89. The number of likely N-dealkylation sites (tertiary alicyclic amines) is 1. The number of carbonyl (C=O) groups is 3. The number of Topliss-reactive ketones (excluding diaryl/α,β-unsaturated/α-hetero) is 1. The van der Waals surface area contributed by atoms with E-state index in [1.54, 1.807) is 4.90 Å². The summed E-state index contributed by atoms with van der Waals surface area (Å²) in [6, 6.07) is 4.48. The maximum atomic E-state index is 12.3. The number of benzene rings is 1. The van der Waals surface area contributed by atoms with Gasteiger partial charge in [0.1, 0.15) is 0 Å². The molecule has 148 valence electrons. The van der Waals surface area contributed by atoms with Gasteiger partial charge in [0.2, 0.25) is 21.8 Å². The van der Waals surface area contributed by atoms with Crippen LogP contribution in [-0.2, 0) is 19.6 Å². The zero-order chi connectivity index (χ0) is 20.0. The van der Waals surface area contributed by atoms with Gasteiger partial charge in [0.05, 0.1) is 10.9 Å². The van der Waals surface area contributed by atoms with Crippen molar-refractivity contribution < 1.29 is 22.8 Å². The molecule has 1 heterocycles. The number of amides is 2. The van der Waals surface area contributed by atoms with Crippen LogP contribution in [0.25, 0.3) is 0 Å². The zero-order valence-corrected chi connectivity index (χ0v) is 16.3. The lowest BCUT2D eigenvalue weighted by molar-refractivity contribution is -0.130. The largest absolute Gasteiger partial charge is 0.354 e. The molecule has 9 heteroatoms. The van der Waals surface area contributed by atoms with Crippen LogP contribution in [0, 0.1) is 0 Å². The number of nitrogens with zero attached hydrogens (tertiary/aromatic N) is 1. The standard InChI is InChI=1S/C18H25N3O5S/c1-13(18(24)19-10-9-17(23)21-11-3-4-12-21)20-27(25,26)16-7-5-15(6-8-16)14(2)22/h5-8,13,20H,3-4,9-12H2,1-2H3,(H,19,24)/t13-/m0/s1. The highest BCUT2D eigenvalue weighted by atomic mass is 32.2. The van der Waals surface area contributed by atoms with E-state index < -0.39 is 22.0 Å². The molecule has 1 atom stereocenters. The third-order valence-electron chi connectivity index (χ3n) is 4.39. The fraction of sp³-hybridized carbons (Fsp3) is 0.500. The summed E-state index contributed by atoms with van der Waals surface area (Å²) in [7, 11) is -3.90. The summed E-state index contributed by atoms with van der Waals surface area (Å²) in [5.41, 5.74) is 0.405. The molecule has 0 unspecified atom stereocenters. The Morgan fingerprint density at radius 2 is 1.70 bits per heavy atom. The average Bonchev–Trinajstić information content (AvgIpc) is 3.16. The van der Waals surface area contributed by atoms with Gasteiger partial charge in [-0.15, -0.1) is 0 Å². The minimum atomic E-state index is -3.90. The second-order valence-electron chi connectivity index (χ2n) is 6.55. The van der Waals surface area contributed by atoms with Gasteiger partial charge in [0.15, 0.2) is 5.78 Å². The van der Waals surface area contributed by atoms with Crippen LogP contribution in [0.4, 0.5) is 0 Å². The number of hydrogen-bond donors (Lipinski definition) is 2. The molecule has 0 aliphatic carbocycles. The maximum Gasteiger partial charge on any atom is 0.241 e. The second-order valence-corrected chi connectivity index (χ2v) is 8.27. The minimum absolute atomic E-state index is 0.00778. The first kappa shape index (κ1) is 21.0.